The zero-order valence-electron chi connectivity index (χ0n) is 17.2. The molecular formula is C24H24FN5O. The molecule has 1 aliphatic heterocycles. The first kappa shape index (κ1) is 18.7. The molecule has 1 aliphatic carbocycles. The molecule has 4 heterocycles. The highest BCUT2D eigenvalue weighted by molar-refractivity contribution is 5.86. The van der Waals surface area contributed by atoms with Gasteiger partial charge in [0.15, 0.2) is 11.5 Å². The summed E-state index contributed by atoms with van der Waals surface area (Å²) in [4.78, 5) is 4.89. The average Bonchev–Trinajstić information content (AvgIpc) is 3.59. The van der Waals surface area contributed by atoms with Crippen molar-refractivity contribution in [1.29, 1.82) is 0 Å². The molecule has 7 heteroatoms. The number of rotatable bonds is 4. The lowest BCUT2D eigenvalue weighted by molar-refractivity contribution is 0.101. The Bertz CT molecular complexity index is 1250. The summed E-state index contributed by atoms with van der Waals surface area (Å²) in [6.45, 7) is 1.14. The average molecular weight is 417 g/mol. The van der Waals surface area contributed by atoms with Crippen molar-refractivity contribution in [2.45, 2.75) is 43.9 Å². The Balaban J connectivity index is 1.40. The van der Waals surface area contributed by atoms with E-state index in [-0.39, 0.29) is 0 Å². The van der Waals surface area contributed by atoms with Gasteiger partial charge in [0, 0.05) is 18.1 Å². The number of hydrogen-bond donors (Lipinski definition) is 1. The van der Waals surface area contributed by atoms with E-state index in [0.29, 0.717) is 30.5 Å². The van der Waals surface area contributed by atoms with Gasteiger partial charge < -0.3 is 10.1 Å². The number of ether oxygens (including phenoxy) is 1. The molecule has 0 amide bonds. The summed E-state index contributed by atoms with van der Waals surface area (Å²) in [5.74, 6) is 1.96. The first-order valence-electron chi connectivity index (χ1n) is 11.0. The maximum absolute atomic E-state index is 14.5. The summed E-state index contributed by atoms with van der Waals surface area (Å²) in [6.07, 6.45) is 4.67. The fourth-order valence-electron chi connectivity index (χ4n) is 4.36. The van der Waals surface area contributed by atoms with Crippen LogP contribution in [-0.2, 0) is 0 Å². The first-order valence-corrected chi connectivity index (χ1v) is 11.0. The number of fused-ring (bicyclic) bond motifs is 2. The number of halogens is 1. The van der Waals surface area contributed by atoms with Crippen molar-refractivity contribution < 1.29 is 9.13 Å². The molecule has 6 nitrogen and oxygen atoms in total. The van der Waals surface area contributed by atoms with E-state index in [1.165, 1.54) is 18.4 Å². The summed E-state index contributed by atoms with van der Waals surface area (Å²) in [5.41, 5.74) is 3.56. The van der Waals surface area contributed by atoms with Crippen LogP contribution >= 0.6 is 0 Å². The SMILES string of the molecule is F[C@H]1CNCCC[C@@H]1Oc1cccc2ccc(-c3nnc4ccc(C5CC5)cn34)nc12. The molecule has 2 aliphatic rings. The van der Waals surface area contributed by atoms with Crippen LogP contribution in [0.4, 0.5) is 4.39 Å². The number of pyridine rings is 2. The second kappa shape index (κ2) is 7.57. The molecule has 0 unspecified atom stereocenters. The van der Waals surface area contributed by atoms with Crippen molar-refractivity contribution in [1.82, 2.24) is 24.9 Å². The molecule has 158 valence electrons. The third-order valence-corrected chi connectivity index (χ3v) is 6.25. The zero-order valence-corrected chi connectivity index (χ0v) is 17.2. The topological polar surface area (TPSA) is 64.3 Å². The highest BCUT2D eigenvalue weighted by Crippen LogP contribution is 2.40. The van der Waals surface area contributed by atoms with Crippen LogP contribution in [0.15, 0.2) is 48.7 Å². The Morgan fingerprint density at radius 1 is 1.03 bits per heavy atom. The Labute approximate surface area is 179 Å². The lowest BCUT2D eigenvalue weighted by Gasteiger charge is -2.21. The van der Waals surface area contributed by atoms with Gasteiger partial charge in [-0.2, -0.15) is 0 Å². The van der Waals surface area contributed by atoms with Crippen LogP contribution < -0.4 is 10.1 Å². The van der Waals surface area contributed by atoms with Gasteiger partial charge in [-0.25, -0.2) is 9.37 Å². The number of hydrogen-bond acceptors (Lipinski definition) is 5. The second-order valence-electron chi connectivity index (χ2n) is 8.53. The maximum Gasteiger partial charge on any atom is 0.187 e. The zero-order chi connectivity index (χ0) is 20.8. The van der Waals surface area contributed by atoms with Gasteiger partial charge in [0.2, 0.25) is 0 Å². The molecule has 4 aromatic rings. The summed E-state index contributed by atoms with van der Waals surface area (Å²) >= 11 is 0. The number of alkyl halides is 1. The first-order chi connectivity index (χ1) is 15.3. The van der Waals surface area contributed by atoms with E-state index < -0.39 is 12.3 Å². The van der Waals surface area contributed by atoms with Crippen LogP contribution in [0, 0.1) is 0 Å². The van der Waals surface area contributed by atoms with Gasteiger partial charge in [0.1, 0.15) is 29.2 Å². The van der Waals surface area contributed by atoms with Crippen LogP contribution in [0.25, 0.3) is 28.1 Å². The van der Waals surface area contributed by atoms with E-state index in [2.05, 4.69) is 27.8 Å². The molecule has 3 aromatic heterocycles. The molecule has 2 atom stereocenters. The van der Waals surface area contributed by atoms with Crippen molar-refractivity contribution in [2.75, 3.05) is 13.1 Å². The molecule has 0 radical (unpaired) electrons. The summed E-state index contributed by atoms with van der Waals surface area (Å²) < 4.78 is 22.7. The van der Waals surface area contributed by atoms with Crippen LogP contribution in [0.2, 0.25) is 0 Å². The minimum atomic E-state index is -1.04. The predicted molar refractivity (Wildman–Crippen MR) is 117 cm³/mol. The predicted octanol–water partition coefficient (Wildman–Crippen LogP) is 4.29. The van der Waals surface area contributed by atoms with Gasteiger partial charge in [-0.15, -0.1) is 10.2 Å². The standard InChI is InChI=1S/C24H24FN5O/c25-18-13-26-12-2-5-20(18)31-21-4-1-3-16-8-10-19(27-23(16)21)24-29-28-22-11-9-17(14-30(22)24)15-6-7-15/h1,3-4,8-11,14-15,18,20,26H,2,5-7,12-13H2/t18-,20-/m0/s1. The molecule has 1 saturated heterocycles. The molecule has 2 fully saturated rings. The molecule has 31 heavy (non-hydrogen) atoms. The van der Waals surface area contributed by atoms with Crippen molar-refractivity contribution in [3.05, 3.63) is 54.2 Å². The molecule has 1 aromatic carbocycles. The number of aromatic nitrogens is 4. The summed E-state index contributed by atoms with van der Waals surface area (Å²) in [7, 11) is 0. The molecule has 1 N–H and O–H groups in total. The van der Waals surface area contributed by atoms with Gasteiger partial charge in [-0.1, -0.05) is 24.3 Å². The van der Waals surface area contributed by atoms with Crippen LogP contribution in [0.5, 0.6) is 5.75 Å². The monoisotopic (exact) mass is 417 g/mol. The van der Waals surface area contributed by atoms with E-state index in [1.54, 1.807) is 0 Å². The molecule has 0 bridgehead atoms. The Morgan fingerprint density at radius 2 is 1.97 bits per heavy atom. The van der Waals surface area contributed by atoms with Gasteiger partial charge in [0.25, 0.3) is 0 Å². The number of para-hydroxylation sites is 1. The summed E-state index contributed by atoms with van der Waals surface area (Å²) in [6, 6.07) is 13.9. The van der Waals surface area contributed by atoms with E-state index in [1.807, 2.05) is 40.8 Å². The van der Waals surface area contributed by atoms with Gasteiger partial charge in [-0.3, -0.25) is 4.40 Å². The van der Waals surface area contributed by atoms with Gasteiger partial charge >= 0.3 is 0 Å². The fraction of sp³-hybridized carbons (Fsp3) is 0.375. The van der Waals surface area contributed by atoms with Crippen LogP contribution in [-0.4, -0.2) is 44.9 Å². The van der Waals surface area contributed by atoms with Crippen molar-refractivity contribution in [3.63, 3.8) is 0 Å². The Morgan fingerprint density at radius 3 is 2.87 bits per heavy atom. The summed E-state index contributed by atoms with van der Waals surface area (Å²) in [5, 5.41) is 12.8. The van der Waals surface area contributed by atoms with Gasteiger partial charge in [0.05, 0.1) is 0 Å². The van der Waals surface area contributed by atoms with E-state index in [4.69, 9.17) is 9.72 Å². The van der Waals surface area contributed by atoms with Gasteiger partial charge in [-0.05, 0) is 61.9 Å². The highest BCUT2D eigenvalue weighted by atomic mass is 19.1. The van der Waals surface area contributed by atoms with Crippen molar-refractivity contribution in [3.8, 4) is 17.3 Å². The van der Waals surface area contributed by atoms with Crippen LogP contribution in [0.3, 0.4) is 0 Å². The molecule has 1 saturated carbocycles. The largest absolute Gasteiger partial charge is 0.485 e. The minimum absolute atomic E-state index is 0.323. The van der Waals surface area contributed by atoms with Crippen molar-refractivity contribution >= 4 is 16.6 Å². The lowest BCUT2D eigenvalue weighted by atomic mass is 10.1. The number of nitrogens with one attached hydrogen (secondary N) is 1. The van der Waals surface area contributed by atoms with Crippen LogP contribution in [0.1, 0.15) is 37.2 Å². The Kier molecular flexibility index (Phi) is 4.56. The van der Waals surface area contributed by atoms with E-state index in [0.717, 1.165) is 35.2 Å². The lowest BCUT2D eigenvalue weighted by Crippen LogP contribution is -2.33. The maximum atomic E-state index is 14.5. The number of benzene rings is 1. The van der Waals surface area contributed by atoms with E-state index in [9.17, 15) is 4.39 Å². The van der Waals surface area contributed by atoms with Crippen molar-refractivity contribution in [2.24, 2.45) is 0 Å². The third-order valence-electron chi connectivity index (χ3n) is 6.25. The molecular weight excluding hydrogens is 393 g/mol. The quantitative estimate of drug-likeness (QED) is 0.537. The normalized spacial score (nSPS) is 22.0. The fourth-order valence-corrected chi connectivity index (χ4v) is 4.36. The molecule has 6 rings (SSSR count). The smallest absolute Gasteiger partial charge is 0.187 e. The Hall–Kier alpha value is -3.06. The molecule has 0 spiro atoms. The van der Waals surface area contributed by atoms with E-state index >= 15 is 0 Å². The third kappa shape index (κ3) is 3.53. The highest BCUT2D eigenvalue weighted by Gasteiger charge is 2.26. The number of nitrogens with zero attached hydrogens (tertiary/aromatic N) is 4. The second-order valence-corrected chi connectivity index (χ2v) is 8.53. The minimum Gasteiger partial charge on any atom is -0.485 e.